The molecule has 0 aliphatic carbocycles. The second kappa shape index (κ2) is 8.50. The van der Waals surface area contributed by atoms with Crippen LogP contribution in [0.1, 0.15) is 24.8 Å². The molecule has 0 spiro atoms. The highest BCUT2D eigenvalue weighted by atomic mass is 32.1. The Labute approximate surface area is 177 Å². The van der Waals surface area contributed by atoms with Crippen LogP contribution in [0.4, 0.5) is 5.13 Å². The minimum atomic E-state index is -0.245. The van der Waals surface area contributed by atoms with Gasteiger partial charge in [0.25, 0.3) is 0 Å². The maximum absolute atomic E-state index is 12.8. The molecule has 0 unspecified atom stereocenters. The Hall–Kier alpha value is -3.46. The molecular weight excluding hydrogens is 402 g/mol. The molecule has 0 saturated heterocycles. The second-order valence-corrected chi connectivity index (χ2v) is 7.51. The molecule has 4 rings (SSSR count). The molecule has 8 nitrogen and oxygen atoms in total. The predicted octanol–water partition coefficient (Wildman–Crippen LogP) is 4.00. The van der Waals surface area contributed by atoms with Gasteiger partial charge in [0.1, 0.15) is 0 Å². The molecule has 2 aromatic heterocycles. The Balaban J connectivity index is 1.61. The van der Waals surface area contributed by atoms with Crippen molar-refractivity contribution in [3.8, 4) is 22.9 Å². The van der Waals surface area contributed by atoms with Gasteiger partial charge in [-0.05, 0) is 30.2 Å². The van der Waals surface area contributed by atoms with E-state index in [1.807, 2.05) is 49.4 Å². The third kappa shape index (κ3) is 3.71. The average Bonchev–Trinajstić information content (AvgIpc) is 3.34. The number of nitrogens with one attached hydrogen (secondary N) is 1. The number of aromatic nitrogens is 4. The number of ether oxygens (including phenoxy) is 2. The highest BCUT2D eigenvalue weighted by molar-refractivity contribution is 7.20. The first-order valence-electron chi connectivity index (χ1n) is 9.45. The van der Waals surface area contributed by atoms with Crippen LogP contribution in [0, 0.1) is 0 Å². The minimum absolute atomic E-state index is 0.0960. The van der Waals surface area contributed by atoms with Crippen LogP contribution >= 0.6 is 11.3 Å². The van der Waals surface area contributed by atoms with Gasteiger partial charge in [0.2, 0.25) is 16.0 Å². The summed E-state index contributed by atoms with van der Waals surface area (Å²) in [5, 5.41) is 16.3. The van der Waals surface area contributed by atoms with Crippen molar-refractivity contribution < 1.29 is 14.3 Å². The van der Waals surface area contributed by atoms with E-state index in [1.54, 1.807) is 24.8 Å². The summed E-state index contributed by atoms with van der Waals surface area (Å²) < 4.78 is 12.3. The van der Waals surface area contributed by atoms with E-state index in [1.165, 1.54) is 11.3 Å². The van der Waals surface area contributed by atoms with Crippen molar-refractivity contribution in [1.29, 1.82) is 0 Å². The van der Waals surface area contributed by atoms with E-state index >= 15 is 0 Å². The van der Waals surface area contributed by atoms with Crippen LogP contribution in [0.5, 0.6) is 11.5 Å². The van der Waals surface area contributed by atoms with Crippen LogP contribution in [0.25, 0.3) is 16.3 Å². The highest BCUT2D eigenvalue weighted by Crippen LogP contribution is 2.33. The van der Waals surface area contributed by atoms with Gasteiger partial charge in [-0.15, -0.1) is 15.3 Å². The monoisotopic (exact) mass is 423 g/mol. The van der Waals surface area contributed by atoms with E-state index in [4.69, 9.17) is 9.47 Å². The zero-order valence-corrected chi connectivity index (χ0v) is 17.6. The quantitative estimate of drug-likeness (QED) is 0.483. The van der Waals surface area contributed by atoms with Gasteiger partial charge in [0, 0.05) is 5.56 Å². The summed E-state index contributed by atoms with van der Waals surface area (Å²) in [4.78, 5) is 13.4. The highest BCUT2D eigenvalue weighted by Gasteiger charge is 2.21. The number of hydrogen-bond acceptors (Lipinski definition) is 7. The third-order valence-electron chi connectivity index (χ3n) is 4.79. The standard InChI is InChI=1S/C21H21N5O3S/c1-4-15(13-8-6-5-7-9-13)19(27)22-20-25-26-18(23-24-21(26)30-20)14-10-11-16(28-2)17(12-14)29-3/h5-12,15H,4H2,1-3H3,(H,22,25,27)/t15-/m0/s1. The van der Waals surface area contributed by atoms with Gasteiger partial charge in [-0.25, -0.2) is 0 Å². The SMILES string of the molecule is CC[C@H](C(=O)Nc1nn2c(-c3ccc(OC)c(OC)c3)nnc2s1)c1ccccc1. The number of benzene rings is 2. The molecular formula is C21H21N5O3S. The first-order valence-corrected chi connectivity index (χ1v) is 10.3. The minimum Gasteiger partial charge on any atom is -0.493 e. The summed E-state index contributed by atoms with van der Waals surface area (Å²) in [6.07, 6.45) is 0.691. The molecule has 0 radical (unpaired) electrons. The zero-order valence-electron chi connectivity index (χ0n) is 16.8. The molecule has 0 aliphatic rings. The van der Waals surface area contributed by atoms with E-state index < -0.39 is 0 Å². The summed E-state index contributed by atoms with van der Waals surface area (Å²) in [6, 6.07) is 15.2. The normalized spacial score (nSPS) is 12.0. The van der Waals surface area contributed by atoms with Gasteiger partial charge in [-0.2, -0.15) is 4.52 Å². The van der Waals surface area contributed by atoms with Crippen LogP contribution in [0.3, 0.4) is 0 Å². The van der Waals surface area contributed by atoms with Gasteiger partial charge < -0.3 is 9.47 Å². The van der Waals surface area contributed by atoms with Gasteiger partial charge >= 0.3 is 0 Å². The lowest BCUT2D eigenvalue weighted by atomic mass is 9.96. The van der Waals surface area contributed by atoms with Crippen molar-refractivity contribution in [1.82, 2.24) is 19.8 Å². The Morgan fingerprint density at radius 2 is 1.87 bits per heavy atom. The molecule has 1 amide bonds. The Kier molecular flexibility index (Phi) is 5.62. The number of nitrogens with zero attached hydrogens (tertiary/aromatic N) is 4. The van der Waals surface area contributed by atoms with Crippen LogP contribution in [0.15, 0.2) is 48.5 Å². The van der Waals surface area contributed by atoms with Gasteiger partial charge in [0.05, 0.1) is 20.1 Å². The second-order valence-electron chi connectivity index (χ2n) is 6.56. The molecule has 0 saturated carbocycles. The number of hydrogen-bond donors (Lipinski definition) is 1. The average molecular weight is 423 g/mol. The van der Waals surface area contributed by atoms with E-state index in [2.05, 4.69) is 20.6 Å². The summed E-state index contributed by atoms with van der Waals surface area (Å²) in [5.74, 6) is 1.42. The molecule has 2 aromatic carbocycles. The maximum Gasteiger partial charge on any atom is 0.236 e. The predicted molar refractivity (Wildman–Crippen MR) is 115 cm³/mol. The molecule has 2 heterocycles. The van der Waals surface area contributed by atoms with Crippen LogP contribution in [-0.4, -0.2) is 39.9 Å². The number of carbonyl (C=O) groups is 1. The lowest BCUT2D eigenvalue weighted by Crippen LogP contribution is -2.20. The van der Waals surface area contributed by atoms with Crippen LogP contribution in [0.2, 0.25) is 0 Å². The number of rotatable bonds is 7. The Morgan fingerprint density at radius 1 is 1.10 bits per heavy atom. The molecule has 154 valence electrons. The summed E-state index contributed by atoms with van der Waals surface area (Å²) in [5.41, 5.74) is 1.76. The molecule has 1 atom stereocenters. The van der Waals surface area contributed by atoms with Gasteiger partial charge in [-0.1, -0.05) is 48.6 Å². The molecule has 1 N–H and O–H groups in total. The van der Waals surface area contributed by atoms with Crippen molar-refractivity contribution in [3.63, 3.8) is 0 Å². The fraction of sp³-hybridized carbons (Fsp3) is 0.238. The smallest absolute Gasteiger partial charge is 0.236 e. The lowest BCUT2D eigenvalue weighted by Gasteiger charge is -2.13. The lowest BCUT2D eigenvalue weighted by molar-refractivity contribution is -0.117. The number of anilines is 1. The Morgan fingerprint density at radius 3 is 2.57 bits per heavy atom. The Bertz CT molecular complexity index is 1170. The van der Waals surface area contributed by atoms with Gasteiger partial charge in [-0.3, -0.25) is 10.1 Å². The van der Waals surface area contributed by atoms with E-state index in [-0.39, 0.29) is 11.8 Å². The summed E-state index contributed by atoms with van der Waals surface area (Å²) in [6.45, 7) is 1.99. The molecule has 4 aromatic rings. The van der Waals surface area contributed by atoms with Crippen LogP contribution < -0.4 is 14.8 Å². The number of carbonyl (C=O) groups excluding carboxylic acids is 1. The largest absolute Gasteiger partial charge is 0.493 e. The number of amides is 1. The third-order valence-corrected chi connectivity index (χ3v) is 5.60. The van der Waals surface area contributed by atoms with Crippen molar-refractivity contribution in [2.45, 2.75) is 19.3 Å². The topological polar surface area (TPSA) is 90.6 Å². The number of methoxy groups -OCH3 is 2. The van der Waals surface area contributed by atoms with E-state index in [0.717, 1.165) is 11.1 Å². The fourth-order valence-electron chi connectivity index (χ4n) is 3.27. The number of fused-ring (bicyclic) bond motifs is 1. The van der Waals surface area contributed by atoms with E-state index in [9.17, 15) is 4.79 Å². The maximum atomic E-state index is 12.8. The van der Waals surface area contributed by atoms with Crippen molar-refractivity contribution in [2.24, 2.45) is 0 Å². The first kappa shape index (κ1) is 19.8. The molecule has 30 heavy (non-hydrogen) atoms. The van der Waals surface area contributed by atoms with Crippen LogP contribution in [-0.2, 0) is 4.79 Å². The van der Waals surface area contributed by atoms with E-state index in [0.29, 0.717) is 33.8 Å². The zero-order chi connectivity index (χ0) is 21.1. The molecule has 9 heteroatoms. The van der Waals surface area contributed by atoms with Crippen molar-refractivity contribution >= 4 is 27.3 Å². The van der Waals surface area contributed by atoms with Crippen molar-refractivity contribution in [3.05, 3.63) is 54.1 Å². The van der Waals surface area contributed by atoms with Crippen molar-refractivity contribution in [2.75, 3.05) is 19.5 Å². The molecule has 0 aliphatic heterocycles. The summed E-state index contributed by atoms with van der Waals surface area (Å²) in [7, 11) is 3.16. The summed E-state index contributed by atoms with van der Waals surface area (Å²) >= 11 is 1.27. The molecule has 0 bridgehead atoms. The molecule has 0 fully saturated rings. The first-order chi connectivity index (χ1) is 14.6. The fourth-order valence-corrected chi connectivity index (χ4v) is 4.02. The van der Waals surface area contributed by atoms with Gasteiger partial charge in [0.15, 0.2) is 17.3 Å².